The average Bonchev–Trinajstić information content (AvgIpc) is 1.65. The summed E-state index contributed by atoms with van der Waals surface area (Å²) >= 11 is 2.90. The van der Waals surface area contributed by atoms with E-state index in [0.29, 0.717) is 4.48 Å². The molecule has 0 spiro atoms. The molecule has 0 bridgehead atoms. The van der Waals surface area contributed by atoms with E-state index >= 15 is 0 Å². The van der Waals surface area contributed by atoms with Gasteiger partial charge >= 0.3 is 0 Å². The summed E-state index contributed by atoms with van der Waals surface area (Å²) in [4.78, 5) is 0. The molecule has 42 valence electrons. The van der Waals surface area contributed by atoms with Gasteiger partial charge in [-0.15, -0.1) is 0 Å². The standard InChI is InChI=1S/C4H7BrO2/c1-2-3(5)4(6)7/h2,4,6-7H,1H3/b3-2-. The largest absolute Gasteiger partial charge is 0.364 e. The molecule has 2 nitrogen and oxygen atoms in total. The van der Waals surface area contributed by atoms with Crippen molar-refractivity contribution in [1.29, 1.82) is 0 Å². The van der Waals surface area contributed by atoms with E-state index in [0.717, 1.165) is 0 Å². The maximum absolute atomic E-state index is 8.26. The normalized spacial score (nSPS) is 13.0. The zero-order chi connectivity index (χ0) is 5.86. The number of rotatable bonds is 1. The molecule has 3 heteroatoms. The monoisotopic (exact) mass is 166 g/mol. The van der Waals surface area contributed by atoms with Gasteiger partial charge in [0.1, 0.15) is 0 Å². The van der Waals surface area contributed by atoms with Crippen molar-refractivity contribution in [3.8, 4) is 0 Å². The van der Waals surface area contributed by atoms with Crippen LogP contribution in [-0.4, -0.2) is 16.5 Å². The Hall–Kier alpha value is 0.140. The highest BCUT2D eigenvalue weighted by atomic mass is 79.9. The molecule has 0 aliphatic heterocycles. The van der Waals surface area contributed by atoms with E-state index in [1.807, 2.05) is 0 Å². The minimum absolute atomic E-state index is 0.396. The van der Waals surface area contributed by atoms with Gasteiger partial charge in [0.15, 0.2) is 6.29 Å². The lowest BCUT2D eigenvalue weighted by Crippen LogP contribution is -2.02. The van der Waals surface area contributed by atoms with E-state index in [9.17, 15) is 0 Å². The molecule has 7 heavy (non-hydrogen) atoms. The SMILES string of the molecule is C/C=C(\Br)C(O)O. The first-order chi connectivity index (χ1) is 3.18. The van der Waals surface area contributed by atoms with Crippen molar-refractivity contribution in [2.24, 2.45) is 0 Å². The second-order valence-corrected chi connectivity index (χ2v) is 1.96. The topological polar surface area (TPSA) is 40.5 Å². The molecule has 0 aromatic heterocycles. The van der Waals surface area contributed by atoms with E-state index in [2.05, 4.69) is 15.9 Å². The minimum Gasteiger partial charge on any atom is -0.364 e. The first-order valence-corrected chi connectivity index (χ1v) is 2.65. The third kappa shape index (κ3) is 2.79. The molecule has 0 unspecified atom stereocenters. The third-order valence-electron chi connectivity index (χ3n) is 0.522. The molecule has 0 aromatic rings. The molecule has 0 aliphatic rings. The van der Waals surface area contributed by atoms with Crippen LogP contribution in [0.3, 0.4) is 0 Å². The number of allylic oxidation sites excluding steroid dienone is 1. The van der Waals surface area contributed by atoms with E-state index in [1.54, 1.807) is 13.0 Å². The summed E-state index contributed by atoms with van der Waals surface area (Å²) in [5, 5.41) is 16.5. The van der Waals surface area contributed by atoms with Crippen LogP contribution in [0.15, 0.2) is 10.6 Å². The van der Waals surface area contributed by atoms with Crippen LogP contribution >= 0.6 is 15.9 Å². The van der Waals surface area contributed by atoms with E-state index in [-0.39, 0.29) is 0 Å². The molecule has 0 aliphatic carbocycles. The van der Waals surface area contributed by atoms with Crippen LogP contribution in [0.5, 0.6) is 0 Å². The zero-order valence-corrected chi connectivity index (χ0v) is 5.51. The van der Waals surface area contributed by atoms with Crippen LogP contribution in [0.1, 0.15) is 6.92 Å². The second kappa shape index (κ2) is 3.18. The molecule has 0 amide bonds. The van der Waals surface area contributed by atoms with Crippen molar-refractivity contribution >= 4 is 15.9 Å². The number of aliphatic hydroxyl groups is 2. The first-order valence-electron chi connectivity index (χ1n) is 1.86. The lowest BCUT2D eigenvalue weighted by atomic mass is 10.5. The van der Waals surface area contributed by atoms with Crippen molar-refractivity contribution in [3.63, 3.8) is 0 Å². The van der Waals surface area contributed by atoms with Crippen molar-refractivity contribution in [2.45, 2.75) is 13.2 Å². The van der Waals surface area contributed by atoms with Gasteiger partial charge < -0.3 is 10.2 Å². The van der Waals surface area contributed by atoms with Gasteiger partial charge in [-0.05, 0) is 6.92 Å². The fourth-order valence-corrected chi connectivity index (χ4v) is 0.149. The molecule has 0 rings (SSSR count). The van der Waals surface area contributed by atoms with Crippen LogP contribution in [0.4, 0.5) is 0 Å². The smallest absolute Gasteiger partial charge is 0.184 e. The molecule has 0 atom stereocenters. The summed E-state index contributed by atoms with van der Waals surface area (Å²) in [5.41, 5.74) is 0. The van der Waals surface area contributed by atoms with Crippen LogP contribution in [0.2, 0.25) is 0 Å². The zero-order valence-electron chi connectivity index (χ0n) is 3.93. The summed E-state index contributed by atoms with van der Waals surface area (Å²) < 4.78 is 0.396. The minimum atomic E-state index is -1.36. The number of hydrogen-bond acceptors (Lipinski definition) is 2. The Morgan fingerprint density at radius 1 is 1.71 bits per heavy atom. The molecular formula is C4H7BrO2. The van der Waals surface area contributed by atoms with Gasteiger partial charge in [-0.2, -0.15) is 0 Å². The molecular weight excluding hydrogens is 160 g/mol. The number of aliphatic hydroxyl groups excluding tert-OH is 1. The van der Waals surface area contributed by atoms with E-state index in [1.165, 1.54) is 0 Å². The molecule has 0 saturated carbocycles. The Morgan fingerprint density at radius 3 is 2.14 bits per heavy atom. The van der Waals surface area contributed by atoms with Gasteiger partial charge in [-0.25, -0.2) is 0 Å². The van der Waals surface area contributed by atoms with E-state index < -0.39 is 6.29 Å². The van der Waals surface area contributed by atoms with Crippen molar-refractivity contribution in [1.82, 2.24) is 0 Å². The van der Waals surface area contributed by atoms with Gasteiger partial charge in [0.05, 0.1) is 0 Å². The van der Waals surface area contributed by atoms with Gasteiger partial charge in [-0.3, -0.25) is 0 Å². The predicted octanol–water partition coefficient (Wildman–Crippen LogP) is 0.596. The summed E-state index contributed by atoms with van der Waals surface area (Å²) in [5.74, 6) is 0. The quantitative estimate of drug-likeness (QED) is 0.561. The fraction of sp³-hybridized carbons (Fsp3) is 0.500. The Bertz CT molecular complexity index is 77.8. The molecule has 0 fully saturated rings. The molecule has 0 saturated heterocycles. The first kappa shape index (κ1) is 7.14. The van der Waals surface area contributed by atoms with Gasteiger partial charge in [-0.1, -0.05) is 22.0 Å². The van der Waals surface area contributed by atoms with Crippen LogP contribution in [0.25, 0.3) is 0 Å². The lowest BCUT2D eigenvalue weighted by molar-refractivity contribution is -0.000282. The Kier molecular flexibility index (Phi) is 3.25. The van der Waals surface area contributed by atoms with Crippen LogP contribution in [0, 0.1) is 0 Å². The highest BCUT2D eigenvalue weighted by Crippen LogP contribution is 2.06. The Morgan fingerprint density at radius 2 is 2.14 bits per heavy atom. The third-order valence-corrected chi connectivity index (χ3v) is 1.39. The van der Waals surface area contributed by atoms with Crippen LogP contribution < -0.4 is 0 Å². The molecule has 0 heterocycles. The summed E-state index contributed by atoms with van der Waals surface area (Å²) in [6, 6.07) is 0. The molecule has 2 N–H and O–H groups in total. The highest BCUT2D eigenvalue weighted by Gasteiger charge is 1.96. The molecule has 0 aromatic carbocycles. The lowest BCUT2D eigenvalue weighted by Gasteiger charge is -1.96. The van der Waals surface area contributed by atoms with Crippen molar-refractivity contribution in [2.75, 3.05) is 0 Å². The maximum Gasteiger partial charge on any atom is 0.184 e. The van der Waals surface area contributed by atoms with Crippen LogP contribution in [-0.2, 0) is 0 Å². The number of halogens is 1. The van der Waals surface area contributed by atoms with E-state index in [4.69, 9.17) is 10.2 Å². The van der Waals surface area contributed by atoms with Crippen molar-refractivity contribution in [3.05, 3.63) is 10.6 Å². The van der Waals surface area contributed by atoms with Crippen molar-refractivity contribution < 1.29 is 10.2 Å². The predicted molar refractivity (Wildman–Crippen MR) is 30.9 cm³/mol. The maximum atomic E-state index is 8.26. The van der Waals surface area contributed by atoms with Gasteiger partial charge in [0.25, 0.3) is 0 Å². The van der Waals surface area contributed by atoms with Gasteiger partial charge in [0, 0.05) is 4.48 Å². The summed E-state index contributed by atoms with van der Waals surface area (Å²) in [6.07, 6.45) is 0.218. The second-order valence-electron chi connectivity index (χ2n) is 1.05. The molecule has 0 radical (unpaired) electrons. The Labute approximate surface area is 50.6 Å². The highest BCUT2D eigenvalue weighted by molar-refractivity contribution is 9.11. The Balaban J connectivity index is 3.56. The van der Waals surface area contributed by atoms with Gasteiger partial charge in [0.2, 0.25) is 0 Å². The average molecular weight is 167 g/mol. The number of hydrogen-bond donors (Lipinski definition) is 2. The fourth-order valence-electron chi connectivity index (χ4n) is 0.149. The summed E-state index contributed by atoms with van der Waals surface area (Å²) in [6.45, 7) is 1.71. The summed E-state index contributed by atoms with van der Waals surface area (Å²) in [7, 11) is 0.